The average molecular weight is 506 g/mol. The lowest BCUT2D eigenvalue weighted by Crippen LogP contribution is -2.27. The molecule has 0 aromatic heterocycles. The van der Waals surface area contributed by atoms with E-state index in [9.17, 15) is 9.18 Å². The molecule has 0 saturated carbocycles. The molecule has 1 aliphatic heterocycles. The lowest BCUT2D eigenvalue weighted by atomic mass is 10.0. The molecule has 0 unspecified atom stereocenters. The van der Waals surface area contributed by atoms with Gasteiger partial charge in [0.05, 0.1) is 17.2 Å². The predicted molar refractivity (Wildman–Crippen MR) is 144 cm³/mol. The maximum absolute atomic E-state index is 13.2. The lowest BCUT2D eigenvalue weighted by molar-refractivity contribution is -0.113. The highest BCUT2D eigenvalue weighted by atomic mass is 32.2. The highest BCUT2D eigenvalue weighted by Crippen LogP contribution is 2.39. The van der Waals surface area contributed by atoms with Crippen LogP contribution >= 0.6 is 24.0 Å². The average Bonchev–Trinajstić information content (AvgIpc) is 3.13. The number of benzene rings is 3. The van der Waals surface area contributed by atoms with E-state index in [1.54, 1.807) is 23.1 Å². The van der Waals surface area contributed by atoms with Crippen molar-refractivity contribution >= 4 is 46.0 Å². The minimum atomic E-state index is -0.293. The largest absolute Gasteiger partial charge is 0.490 e. The van der Waals surface area contributed by atoms with Crippen LogP contribution in [0, 0.1) is 5.82 Å². The molecule has 178 valence electrons. The summed E-state index contributed by atoms with van der Waals surface area (Å²) in [6.07, 6.45) is 4.15. The summed E-state index contributed by atoms with van der Waals surface area (Å²) in [4.78, 5) is 15.2. The van der Waals surface area contributed by atoms with E-state index in [2.05, 4.69) is 6.58 Å². The summed E-state index contributed by atoms with van der Waals surface area (Å²) in [6, 6.07) is 19.3. The van der Waals surface area contributed by atoms with Crippen LogP contribution in [-0.4, -0.2) is 16.8 Å². The number of para-hydroxylation sites is 1. The number of carbonyl (C=O) groups is 1. The fourth-order valence-corrected chi connectivity index (χ4v) is 4.95. The normalized spacial score (nSPS) is 14.5. The van der Waals surface area contributed by atoms with E-state index in [0.717, 1.165) is 22.4 Å². The zero-order valence-electron chi connectivity index (χ0n) is 19.2. The van der Waals surface area contributed by atoms with E-state index < -0.39 is 0 Å². The molecule has 1 heterocycles. The van der Waals surface area contributed by atoms with Gasteiger partial charge in [0.25, 0.3) is 5.91 Å². The van der Waals surface area contributed by atoms with Crippen molar-refractivity contribution in [3.8, 4) is 11.5 Å². The second-order valence-corrected chi connectivity index (χ2v) is 9.38. The predicted octanol–water partition coefficient (Wildman–Crippen LogP) is 6.94. The molecule has 1 amide bonds. The van der Waals surface area contributed by atoms with E-state index in [1.807, 2.05) is 55.5 Å². The van der Waals surface area contributed by atoms with E-state index in [-0.39, 0.29) is 18.3 Å². The van der Waals surface area contributed by atoms with Crippen LogP contribution in [0.2, 0.25) is 0 Å². The van der Waals surface area contributed by atoms with Gasteiger partial charge in [0.15, 0.2) is 15.8 Å². The third kappa shape index (κ3) is 5.81. The van der Waals surface area contributed by atoms with Crippen LogP contribution in [0.3, 0.4) is 0 Å². The summed E-state index contributed by atoms with van der Waals surface area (Å²) in [6.45, 7) is 6.47. The fourth-order valence-electron chi connectivity index (χ4n) is 3.66. The van der Waals surface area contributed by atoms with E-state index in [4.69, 9.17) is 21.7 Å². The van der Waals surface area contributed by atoms with Crippen LogP contribution in [-0.2, 0) is 17.8 Å². The van der Waals surface area contributed by atoms with Crippen molar-refractivity contribution in [2.45, 2.75) is 20.0 Å². The first-order chi connectivity index (χ1) is 17.0. The first-order valence-electron chi connectivity index (χ1n) is 11.1. The zero-order chi connectivity index (χ0) is 24.8. The zero-order valence-corrected chi connectivity index (χ0v) is 20.8. The Bertz CT molecular complexity index is 1270. The summed E-state index contributed by atoms with van der Waals surface area (Å²) in [5.74, 6) is 0.716. The van der Waals surface area contributed by atoms with E-state index >= 15 is 0 Å². The number of anilines is 1. The smallest absolute Gasteiger partial charge is 0.270 e. The topological polar surface area (TPSA) is 38.8 Å². The molecule has 3 aromatic carbocycles. The number of ether oxygens (including phenoxy) is 2. The number of rotatable bonds is 9. The molecule has 0 bridgehead atoms. The number of amides is 1. The Morgan fingerprint density at radius 3 is 2.51 bits per heavy atom. The SMILES string of the molecule is C=CCc1cc(/C=C2/SC(=S)N(c3ccccc3)C2=O)cc(OCC)c1OCc1ccc(F)cc1. The van der Waals surface area contributed by atoms with Gasteiger partial charge in [-0.3, -0.25) is 9.69 Å². The molecule has 1 saturated heterocycles. The molecule has 1 aliphatic rings. The van der Waals surface area contributed by atoms with Crippen molar-refractivity contribution in [1.29, 1.82) is 0 Å². The third-order valence-electron chi connectivity index (χ3n) is 5.22. The summed E-state index contributed by atoms with van der Waals surface area (Å²) >= 11 is 6.75. The second kappa shape index (κ2) is 11.3. The molecule has 0 spiro atoms. The molecular weight excluding hydrogens is 481 g/mol. The maximum Gasteiger partial charge on any atom is 0.270 e. The molecule has 0 N–H and O–H groups in total. The minimum absolute atomic E-state index is 0.161. The number of allylic oxidation sites excluding steroid dienone is 1. The van der Waals surface area contributed by atoms with Crippen LogP contribution < -0.4 is 14.4 Å². The van der Waals surface area contributed by atoms with Crippen LogP contribution in [0.4, 0.5) is 10.1 Å². The van der Waals surface area contributed by atoms with Crippen LogP contribution in [0.5, 0.6) is 11.5 Å². The molecule has 4 rings (SSSR count). The summed E-state index contributed by atoms with van der Waals surface area (Å²) in [7, 11) is 0. The van der Waals surface area contributed by atoms with Gasteiger partial charge >= 0.3 is 0 Å². The Morgan fingerprint density at radius 2 is 1.83 bits per heavy atom. The van der Waals surface area contributed by atoms with Gasteiger partial charge in [-0.25, -0.2) is 4.39 Å². The van der Waals surface area contributed by atoms with E-state index in [0.29, 0.717) is 33.8 Å². The summed E-state index contributed by atoms with van der Waals surface area (Å²) < 4.78 is 25.8. The minimum Gasteiger partial charge on any atom is -0.490 e. The van der Waals surface area contributed by atoms with Crippen molar-refractivity contribution in [3.05, 3.63) is 107 Å². The summed E-state index contributed by atoms with van der Waals surface area (Å²) in [5, 5.41) is 0. The monoisotopic (exact) mass is 505 g/mol. The maximum atomic E-state index is 13.2. The Labute approximate surface area is 214 Å². The first kappa shape index (κ1) is 24.7. The number of carbonyl (C=O) groups excluding carboxylic acids is 1. The lowest BCUT2D eigenvalue weighted by Gasteiger charge is -2.17. The molecule has 3 aromatic rings. The van der Waals surface area contributed by atoms with Crippen molar-refractivity contribution in [3.63, 3.8) is 0 Å². The Balaban J connectivity index is 1.65. The molecule has 7 heteroatoms. The van der Waals surface area contributed by atoms with Crippen molar-refractivity contribution in [2.24, 2.45) is 0 Å². The highest BCUT2D eigenvalue weighted by Gasteiger charge is 2.33. The van der Waals surface area contributed by atoms with Crippen molar-refractivity contribution < 1.29 is 18.7 Å². The molecular formula is C28H24FNO3S2. The summed E-state index contributed by atoms with van der Waals surface area (Å²) in [5.41, 5.74) is 3.25. The Kier molecular flexibility index (Phi) is 8.00. The second-order valence-electron chi connectivity index (χ2n) is 7.70. The Hall–Kier alpha value is -3.42. The van der Waals surface area contributed by atoms with Gasteiger partial charge in [-0.05, 0) is 66.9 Å². The molecule has 1 fully saturated rings. The van der Waals surface area contributed by atoms with E-state index in [1.165, 1.54) is 23.9 Å². The number of nitrogens with zero attached hydrogens (tertiary/aromatic N) is 1. The number of hydrogen-bond donors (Lipinski definition) is 0. The molecule has 0 atom stereocenters. The van der Waals surface area contributed by atoms with Gasteiger partial charge in [0, 0.05) is 5.56 Å². The first-order valence-corrected chi connectivity index (χ1v) is 12.3. The number of thiocarbonyl (C=S) groups is 1. The highest BCUT2D eigenvalue weighted by molar-refractivity contribution is 8.27. The number of thioether (sulfide) groups is 1. The van der Waals surface area contributed by atoms with Gasteiger partial charge in [0.1, 0.15) is 12.4 Å². The third-order valence-corrected chi connectivity index (χ3v) is 6.52. The van der Waals surface area contributed by atoms with Gasteiger partial charge in [-0.15, -0.1) is 6.58 Å². The van der Waals surface area contributed by atoms with Gasteiger partial charge in [-0.1, -0.05) is 60.4 Å². The van der Waals surface area contributed by atoms with Crippen LogP contribution in [0.25, 0.3) is 6.08 Å². The molecule has 0 aliphatic carbocycles. The van der Waals surface area contributed by atoms with Crippen LogP contribution in [0.15, 0.2) is 84.3 Å². The van der Waals surface area contributed by atoms with Crippen molar-refractivity contribution in [1.82, 2.24) is 0 Å². The number of hydrogen-bond acceptors (Lipinski definition) is 5. The standard InChI is InChI=1S/C28H24FNO3S2/c1-3-8-21-15-20(17-25-27(31)30(28(34)35-25)23-9-6-5-7-10-23)16-24(32-4-2)26(21)33-18-19-11-13-22(29)14-12-19/h3,5-7,9-17H,1,4,8,18H2,2H3/b25-17+. The van der Waals surface area contributed by atoms with Crippen molar-refractivity contribution in [2.75, 3.05) is 11.5 Å². The molecule has 35 heavy (non-hydrogen) atoms. The number of halogens is 1. The van der Waals surface area contributed by atoms with Gasteiger partial charge < -0.3 is 9.47 Å². The molecule has 4 nitrogen and oxygen atoms in total. The van der Waals surface area contributed by atoms with Gasteiger partial charge in [-0.2, -0.15) is 0 Å². The van der Waals surface area contributed by atoms with Crippen LogP contribution in [0.1, 0.15) is 23.6 Å². The molecule has 0 radical (unpaired) electrons. The quantitative estimate of drug-likeness (QED) is 0.179. The van der Waals surface area contributed by atoms with Gasteiger partial charge in [0.2, 0.25) is 0 Å². The Morgan fingerprint density at radius 1 is 1.09 bits per heavy atom. The fraction of sp³-hybridized carbons (Fsp3) is 0.143.